The fraction of sp³-hybridized carbons (Fsp3) is 0.375. The van der Waals surface area contributed by atoms with E-state index in [1.807, 2.05) is 39.0 Å². The predicted molar refractivity (Wildman–Crippen MR) is 78.8 cm³/mol. The molecule has 0 atom stereocenters. The average Bonchev–Trinajstić information content (AvgIpc) is 2.91. The van der Waals surface area contributed by atoms with E-state index in [0.717, 1.165) is 12.2 Å². The van der Waals surface area contributed by atoms with Crippen LogP contribution in [0.5, 0.6) is 5.75 Å². The normalized spacial score (nSPS) is 10.9. The van der Waals surface area contributed by atoms with Gasteiger partial charge in [-0.2, -0.15) is 0 Å². The molecular formula is C16H19NO4. The highest BCUT2D eigenvalue weighted by Crippen LogP contribution is 2.28. The van der Waals surface area contributed by atoms with Crippen molar-refractivity contribution >= 4 is 5.97 Å². The largest absolute Gasteiger partial charge is 0.494 e. The van der Waals surface area contributed by atoms with Crippen molar-refractivity contribution in [3.05, 3.63) is 35.7 Å². The van der Waals surface area contributed by atoms with Gasteiger partial charge in [0.05, 0.1) is 12.3 Å². The third kappa shape index (κ3) is 3.42. The Morgan fingerprint density at radius 2 is 2.19 bits per heavy atom. The molecule has 112 valence electrons. The number of carbonyl (C=O) groups is 1. The van der Waals surface area contributed by atoms with E-state index in [0.29, 0.717) is 23.8 Å². The number of aromatic nitrogens is 1. The molecule has 0 saturated carbocycles. The van der Waals surface area contributed by atoms with Crippen molar-refractivity contribution in [2.24, 2.45) is 0 Å². The van der Waals surface area contributed by atoms with Crippen molar-refractivity contribution < 1.29 is 19.1 Å². The van der Waals surface area contributed by atoms with Gasteiger partial charge >= 0.3 is 5.97 Å². The second-order valence-electron chi connectivity index (χ2n) is 5.07. The number of aromatic carboxylic acids is 1. The van der Waals surface area contributed by atoms with Crippen molar-refractivity contribution in [1.82, 2.24) is 4.98 Å². The van der Waals surface area contributed by atoms with Crippen LogP contribution in [0.3, 0.4) is 0 Å². The van der Waals surface area contributed by atoms with Crippen LogP contribution >= 0.6 is 0 Å². The van der Waals surface area contributed by atoms with Gasteiger partial charge in [-0.25, -0.2) is 9.78 Å². The average molecular weight is 289 g/mol. The number of rotatable bonds is 6. The second-order valence-corrected chi connectivity index (χ2v) is 5.07. The number of nitrogens with zero attached hydrogens (tertiary/aromatic N) is 1. The lowest BCUT2D eigenvalue weighted by Gasteiger charge is -2.04. The summed E-state index contributed by atoms with van der Waals surface area (Å²) in [6, 6.07) is 7.31. The lowest BCUT2D eigenvalue weighted by molar-refractivity contribution is 0.0661. The molecular weight excluding hydrogens is 270 g/mol. The molecule has 5 nitrogen and oxygen atoms in total. The number of oxazole rings is 1. The summed E-state index contributed by atoms with van der Waals surface area (Å²) in [6.07, 6.45) is 0.921. The molecule has 0 aliphatic rings. The first kappa shape index (κ1) is 15.1. The summed E-state index contributed by atoms with van der Waals surface area (Å²) < 4.78 is 11.0. The van der Waals surface area contributed by atoms with Crippen LogP contribution in [0.4, 0.5) is 0 Å². The fourth-order valence-corrected chi connectivity index (χ4v) is 1.94. The third-order valence-corrected chi connectivity index (χ3v) is 2.95. The van der Waals surface area contributed by atoms with Gasteiger partial charge in [-0.15, -0.1) is 0 Å². The first-order chi connectivity index (χ1) is 10.0. The molecule has 0 radical (unpaired) electrons. The number of ether oxygens (including phenoxy) is 1. The number of carboxylic acids is 1. The first-order valence-corrected chi connectivity index (χ1v) is 7.00. The third-order valence-electron chi connectivity index (χ3n) is 2.95. The zero-order valence-corrected chi connectivity index (χ0v) is 12.4. The van der Waals surface area contributed by atoms with Gasteiger partial charge in [0.1, 0.15) is 5.75 Å². The molecule has 0 bridgehead atoms. The van der Waals surface area contributed by atoms with Gasteiger partial charge in [-0.05, 0) is 30.5 Å². The molecule has 0 aliphatic heterocycles. The van der Waals surface area contributed by atoms with Crippen molar-refractivity contribution in [3.63, 3.8) is 0 Å². The monoisotopic (exact) mass is 289 g/mol. The number of hydrogen-bond acceptors (Lipinski definition) is 4. The molecule has 0 amide bonds. The molecule has 21 heavy (non-hydrogen) atoms. The van der Waals surface area contributed by atoms with Crippen molar-refractivity contribution in [3.8, 4) is 17.2 Å². The minimum absolute atomic E-state index is 0.0203. The molecule has 5 heteroatoms. The molecule has 2 aromatic rings. The highest BCUT2D eigenvalue weighted by molar-refractivity contribution is 5.86. The molecule has 2 rings (SSSR count). The van der Waals surface area contributed by atoms with Crippen LogP contribution in [0.25, 0.3) is 11.5 Å². The van der Waals surface area contributed by atoms with Gasteiger partial charge in [-0.1, -0.05) is 26.8 Å². The topological polar surface area (TPSA) is 72.6 Å². The molecule has 1 N–H and O–H groups in total. The van der Waals surface area contributed by atoms with Crippen LogP contribution in [0.1, 0.15) is 49.4 Å². The van der Waals surface area contributed by atoms with Crippen molar-refractivity contribution in [2.75, 3.05) is 6.61 Å². The van der Waals surface area contributed by atoms with Gasteiger partial charge < -0.3 is 14.3 Å². The molecule has 0 unspecified atom stereocenters. The highest BCUT2D eigenvalue weighted by atomic mass is 16.5. The van der Waals surface area contributed by atoms with E-state index >= 15 is 0 Å². The first-order valence-electron chi connectivity index (χ1n) is 7.00. The molecule has 1 aromatic carbocycles. The zero-order valence-electron chi connectivity index (χ0n) is 12.4. The summed E-state index contributed by atoms with van der Waals surface area (Å²) in [5.74, 6) is -0.197. The maximum Gasteiger partial charge on any atom is 0.373 e. The maximum absolute atomic E-state index is 11.2. The van der Waals surface area contributed by atoms with E-state index in [9.17, 15) is 9.90 Å². The maximum atomic E-state index is 11.2. The van der Waals surface area contributed by atoms with Gasteiger partial charge in [-0.3, -0.25) is 0 Å². The summed E-state index contributed by atoms with van der Waals surface area (Å²) in [4.78, 5) is 15.5. The van der Waals surface area contributed by atoms with Crippen LogP contribution in [0.15, 0.2) is 28.7 Å². The molecule has 1 aromatic heterocycles. The number of carboxylic acid groups (broad SMARTS) is 1. The summed E-state index contributed by atoms with van der Waals surface area (Å²) in [7, 11) is 0. The van der Waals surface area contributed by atoms with Crippen LogP contribution in [-0.4, -0.2) is 22.7 Å². The Labute approximate surface area is 123 Å². The molecule has 1 heterocycles. The molecule has 0 saturated heterocycles. The molecule has 0 fully saturated rings. The Bertz CT molecular complexity index is 631. The summed E-state index contributed by atoms with van der Waals surface area (Å²) in [6.45, 7) is 6.43. The van der Waals surface area contributed by atoms with E-state index in [4.69, 9.17) is 9.15 Å². The Morgan fingerprint density at radius 3 is 2.76 bits per heavy atom. The lowest BCUT2D eigenvalue weighted by Crippen LogP contribution is -2.01. The van der Waals surface area contributed by atoms with E-state index in [2.05, 4.69) is 4.98 Å². The molecule has 0 aliphatic carbocycles. The second kappa shape index (κ2) is 6.43. The van der Waals surface area contributed by atoms with Crippen molar-refractivity contribution in [2.45, 2.75) is 33.1 Å². The van der Waals surface area contributed by atoms with E-state index in [-0.39, 0.29) is 11.7 Å². The number of hydrogen-bond donors (Lipinski definition) is 1. The fourth-order valence-electron chi connectivity index (χ4n) is 1.94. The Kier molecular flexibility index (Phi) is 4.62. The van der Waals surface area contributed by atoms with Gasteiger partial charge in [0.25, 0.3) is 0 Å². The minimum Gasteiger partial charge on any atom is -0.494 e. The SMILES string of the molecule is CCCOc1cccc(-c2nc(C(C)C)c(C(=O)O)o2)c1. The van der Waals surface area contributed by atoms with Crippen molar-refractivity contribution in [1.29, 1.82) is 0 Å². The quantitative estimate of drug-likeness (QED) is 0.871. The van der Waals surface area contributed by atoms with Crippen LogP contribution in [0, 0.1) is 0 Å². The zero-order chi connectivity index (χ0) is 15.4. The van der Waals surface area contributed by atoms with Crippen LogP contribution in [0.2, 0.25) is 0 Å². The summed E-state index contributed by atoms with van der Waals surface area (Å²) >= 11 is 0. The van der Waals surface area contributed by atoms with E-state index in [1.54, 1.807) is 6.07 Å². The summed E-state index contributed by atoms with van der Waals surface area (Å²) in [5, 5.41) is 9.19. The van der Waals surface area contributed by atoms with Gasteiger partial charge in [0, 0.05) is 5.56 Å². The Morgan fingerprint density at radius 1 is 1.43 bits per heavy atom. The summed E-state index contributed by atoms with van der Waals surface area (Å²) in [5.41, 5.74) is 1.16. The Hall–Kier alpha value is -2.30. The van der Waals surface area contributed by atoms with Crippen LogP contribution < -0.4 is 4.74 Å². The highest BCUT2D eigenvalue weighted by Gasteiger charge is 2.22. The van der Waals surface area contributed by atoms with Crippen LogP contribution in [-0.2, 0) is 0 Å². The molecule has 0 spiro atoms. The van der Waals surface area contributed by atoms with Gasteiger partial charge in [0.2, 0.25) is 11.7 Å². The van der Waals surface area contributed by atoms with E-state index < -0.39 is 5.97 Å². The minimum atomic E-state index is -1.10. The standard InChI is InChI=1S/C16H19NO4/c1-4-8-20-12-7-5-6-11(9-12)15-17-13(10(2)3)14(21-15)16(18)19/h5-7,9-10H,4,8H2,1-3H3,(H,18,19). The van der Waals surface area contributed by atoms with Gasteiger partial charge in [0.15, 0.2) is 0 Å². The predicted octanol–water partition coefficient (Wildman–Crippen LogP) is 3.95. The number of benzene rings is 1. The lowest BCUT2D eigenvalue weighted by atomic mass is 10.1. The van der Waals surface area contributed by atoms with E-state index in [1.165, 1.54) is 0 Å². The smallest absolute Gasteiger partial charge is 0.373 e. The Balaban J connectivity index is 2.38.